The second-order valence-corrected chi connectivity index (χ2v) is 11.2. The summed E-state index contributed by atoms with van der Waals surface area (Å²) in [5, 5.41) is 11.0. The van der Waals surface area contributed by atoms with Gasteiger partial charge in [-0.25, -0.2) is 0 Å². The van der Waals surface area contributed by atoms with Crippen molar-refractivity contribution in [1.82, 2.24) is 24.5 Å². The number of nitrogens with two attached hydrogens (primary N) is 1. The topological polar surface area (TPSA) is 123 Å². The number of anilines is 2. The van der Waals surface area contributed by atoms with Crippen LogP contribution in [0.3, 0.4) is 0 Å². The Morgan fingerprint density at radius 1 is 1.18 bits per heavy atom. The lowest BCUT2D eigenvalue weighted by Crippen LogP contribution is -2.52. The Hall–Kier alpha value is -3.24. The van der Waals surface area contributed by atoms with Crippen LogP contribution in [0.25, 0.3) is 5.65 Å². The molecule has 0 spiro atoms. The summed E-state index contributed by atoms with van der Waals surface area (Å²) >= 11 is 0. The maximum Gasteiger partial charge on any atom is 0.322 e. The Balaban J connectivity index is 1.32. The lowest BCUT2D eigenvalue weighted by atomic mass is 9.82. The number of aromatic nitrogens is 4. The molecule has 10 nitrogen and oxygen atoms in total. The molecule has 4 N–H and O–H groups in total. The number of hydrogen-bond acceptors (Lipinski definition) is 8. The van der Waals surface area contributed by atoms with Gasteiger partial charge < -0.3 is 26.0 Å². The molecule has 0 atom stereocenters. The number of nitrogens with one attached hydrogen (secondary N) is 2. The van der Waals surface area contributed by atoms with Crippen LogP contribution < -0.4 is 21.1 Å². The zero-order valence-corrected chi connectivity index (χ0v) is 22.7. The number of piperidine rings is 1. The van der Waals surface area contributed by atoms with Gasteiger partial charge in [0.15, 0.2) is 5.65 Å². The zero-order chi connectivity index (χ0) is 26.7. The third-order valence-electron chi connectivity index (χ3n) is 7.77. The van der Waals surface area contributed by atoms with E-state index in [4.69, 9.17) is 20.4 Å². The van der Waals surface area contributed by atoms with Gasteiger partial charge in [-0.05, 0) is 56.3 Å². The predicted octanol–water partition coefficient (Wildman–Crippen LogP) is 3.93. The molecule has 1 saturated heterocycles. The lowest BCUT2D eigenvalue weighted by molar-refractivity contribution is -0.122. The van der Waals surface area contributed by atoms with Crippen molar-refractivity contribution in [1.29, 1.82) is 0 Å². The van der Waals surface area contributed by atoms with E-state index in [0.29, 0.717) is 18.5 Å². The standard InChI is InChI=1S/C28H40N8O2/c1-19(2)23-18-31-36-24(23)33-27(38-22-10-14-35(3)15-11-22)34-26(36)30-17-20-8-7-9-21(16-20)32-25(37)28(29)12-5-4-6-13-28/h7-9,16,18-19,22H,4-6,10-15,17,29H2,1-3H3,(H,32,37)(H,30,33,34). The highest BCUT2D eigenvalue weighted by Gasteiger charge is 2.35. The summed E-state index contributed by atoms with van der Waals surface area (Å²) in [5.74, 6) is 0.734. The quantitative estimate of drug-likeness (QED) is 0.408. The van der Waals surface area contributed by atoms with Crippen LogP contribution in [-0.2, 0) is 11.3 Å². The van der Waals surface area contributed by atoms with Gasteiger partial charge in [0.2, 0.25) is 11.9 Å². The first-order valence-electron chi connectivity index (χ1n) is 13.8. The number of ether oxygens (including phenoxy) is 1. The van der Waals surface area contributed by atoms with E-state index in [9.17, 15) is 4.79 Å². The van der Waals surface area contributed by atoms with Crippen LogP contribution in [0.1, 0.15) is 75.8 Å². The number of fused-ring (bicyclic) bond motifs is 1. The molecule has 1 saturated carbocycles. The molecule has 2 aromatic heterocycles. The monoisotopic (exact) mass is 520 g/mol. The summed E-state index contributed by atoms with van der Waals surface area (Å²) in [6.45, 7) is 6.75. The highest BCUT2D eigenvalue weighted by atomic mass is 16.5. The van der Waals surface area contributed by atoms with Crippen molar-refractivity contribution in [3.63, 3.8) is 0 Å². The van der Waals surface area contributed by atoms with Gasteiger partial charge in [-0.2, -0.15) is 19.6 Å². The van der Waals surface area contributed by atoms with Gasteiger partial charge in [-0.15, -0.1) is 0 Å². The maximum atomic E-state index is 12.9. The minimum atomic E-state index is -0.780. The van der Waals surface area contributed by atoms with E-state index in [2.05, 4.69) is 41.5 Å². The average molecular weight is 521 g/mol. The number of rotatable bonds is 8. The summed E-state index contributed by atoms with van der Waals surface area (Å²) in [5.41, 5.74) is 9.18. The first-order valence-corrected chi connectivity index (χ1v) is 13.8. The fourth-order valence-corrected chi connectivity index (χ4v) is 5.31. The first kappa shape index (κ1) is 26.4. The Labute approximate surface area is 224 Å². The van der Waals surface area contributed by atoms with E-state index in [1.54, 1.807) is 4.52 Å². The number of likely N-dealkylation sites (tertiary alicyclic amines) is 1. The second kappa shape index (κ2) is 11.2. The van der Waals surface area contributed by atoms with Crippen molar-refractivity contribution in [2.24, 2.45) is 5.73 Å². The predicted molar refractivity (Wildman–Crippen MR) is 148 cm³/mol. The highest BCUT2D eigenvalue weighted by Crippen LogP contribution is 2.28. The van der Waals surface area contributed by atoms with E-state index in [1.165, 1.54) is 0 Å². The highest BCUT2D eigenvalue weighted by molar-refractivity contribution is 5.98. The molecule has 1 aliphatic carbocycles. The molecule has 3 aromatic rings. The molecule has 38 heavy (non-hydrogen) atoms. The Kier molecular flexibility index (Phi) is 7.80. The fourth-order valence-electron chi connectivity index (χ4n) is 5.31. The molecule has 1 aromatic carbocycles. The Morgan fingerprint density at radius 2 is 1.95 bits per heavy atom. The molecule has 1 aliphatic heterocycles. The van der Waals surface area contributed by atoms with Gasteiger partial charge >= 0.3 is 6.01 Å². The normalized spacial score (nSPS) is 18.6. The molecular formula is C28H40N8O2. The minimum absolute atomic E-state index is 0.0993. The smallest absolute Gasteiger partial charge is 0.322 e. The van der Waals surface area contributed by atoms with E-state index >= 15 is 0 Å². The van der Waals surface area contributed by atoms with Crippen molar-refractivity contribution in [2.75, 3.05) is 30.8 Å². The number of nitrogens with zero attached hydrogens (tertiary/aromatic N) is 5. The summed E-state index contributed by atoms with van der Waals surface area (Å²) in [4.78, 5) is 24.7. The van der Waals surface area contributed by atoms with Crippen molar-refractivity contribution in [2.45, 2.75) is 82.9 Å². The van der Waals surface area contributed by atoms with Crippen LogP contribution in [0.15, 0.2) is 30.5 Å². The van der Waals surface area contributed by atoms with Crippen molar-refractivity contribution in [3.05, 3.63) is 41.6 Å². The average Bonchev–Trinajstić information content (AvgIpc) is 3.34. The summed E-state index contributed by atoms with van der Waals surface area (Å²) in [6.07, 6.45) is 8.45. The van der Waals surface area contributed by atoms with Crippen molar-refractivity contribution >= 4 is 23.2 Å². The maximum absolute atomic E-state index is 12.9. The first-order chi connectivity index (χ1) is 18.3. The molecule has 0 bridgehead atoms. The number of benzene rings is 1. The molecular weight excluding hydrogens is 480 g/mol. The SMILES string of the molecule is CC(C)c1cnn2c(NCc3cccc(NC(=O)C4(N)CCCCC4)c3)nc(OC3CCN(C)CC3)nc12. The fraction of sp³-hybridized carbons (Fsp3) is 0.571. The van der Waals surface area contributed by atoms with Gasteiger partial charge in [-0.1, -0.05) is 45.2 Å². The van der Waals surface area contributed by atoms with E-state index in [1.807, 2.05) is 30.5 Å². The molecule has 0 radical (unpaired) electrons. The number of hydrogen-bond donors (Lipinski definition) is 3. The van der Waals surface area contributed by atoms with Gasteiger partial charge in [0, 0.05) is 30.9 Å². The van der Waals surface area contributed by atoms with E-state index in [-0.39, 0.29) is 17.9 Å². The molecule has 2 fully saturated rings. The Morgan fingerprint density at radius 3 is 2.68 bits per heavy atom. The van der Waals surface area contributed by atoms with Crippen LogP contribution in [0.4, 0.5) is 11.6 Å². The zero-order valence-electron chi connectivity index (χ0n) is 22.7. The van der Waals surface area contributed by atoms with Gasteiger partial charge in [0.25, 0.3) is 0 Å². The number of carbonyl (C=O) groups excluding carboxylic acids is 1. The third-order valence-corrected chi connectivity index (χ3v) is 7.77. The van der Waals surface area contributed by atoms with E-state index < -0.39 is 5.54 Å². The number of carbonyl (C=O) groups is 1. The largest absolute Gasteiger partial charge is 0.460 e. The lowest BCUT2D eigenvalue weighted by Gasteiger charge is -2.31. The van der Waals surface area contributed by atoms with Crippen molar-refractivity contribution in [3.8, 4) is 6.01 Å². The summed E-state index contributed by atoms with van der Waals surface area (Å²) in [7, 11) is 2.13. The van der Waals surface area contributed by atoms with Crippen LogP contribution in [0, 0.1) is 0 Å². The second-order valence-electron chi connectivity index (χ2n) is 11.2. The third kappa shape index (κ3) is 5.91. The van der Waals surface area contributed by atoms with Crippen LogP contribution in [-0.4, -0.2) is 62.2 Å². The van der Waals surface area contributed by atoms with Crippen LogP contribution >= 0.6 is 0 Å². The minimum Gasteiger partial charge on any atom is -0.460 e. The molecule has 204 valence electrons. The molecule has 10 heteroatoms. The summed E-state index contributed by atoms with van der Waals surface area (Å²) < 4.78 is 7.99. The van der Waals surface area contributed by atoms with E-state index in [0.717, 1.165) is 80.5 Å². The van der Waals surface area contributed by atoms with Crippen LogP contribution in [0.5, 0.6) is 6.01 Å². The summed E-state index contributed by atoms with van der Waals surface area (Å²) in [6, 6.07) is 8.18. The van der Waals surface area contributed by atoms with Crippen LogP contribution in [0.2, 0.25) is 0 Å². The molecule has 0 unspecified atom stereocenters. The molecule has 3 heterocycles. The molecule has 2 aliphatic rings. The molecule has 5 rings (SSSR count). The number of amides is 1. The molecule has 1 amide bonds. The van der Waals surface area contributed by atoms with Crippen molar-refractivity contribution < 1.29 is 9.53 Å². The van der Waals surface area contributed by atoms with Gasteiger partial charge in [0.1, 0.15) is 6.10 Å². The van der Waals surface area contributed by atoms with Gasteiger partial charge in [-0.3, -0.25) is 4.79 Å². The van der Waals surface area contributed by atoms with Gasteiger partial charge in [0.05, 0.1) is 11.7 Å². The Bertz CT molecular complexity index is 1260.